The second-order valence-electron chi connectivity index (χ2n) is 5.00. The van der Waals surface area contributed by atoms with Crippen LogP contribution in [0, 0.1) is 0 Å². The van der Waals surface area contributed by atoms with Crippen LogP contribution in [0.25, 0.3) is 0 Å². The molecule has 0 bridgehead atoms. The highest BCUT2D eigenvalue weighted by molar-refractivity contribution is 7.15. The summed E-state index contributed by atoms with van der Waals surface area (Å²) >= 11 is 1.29. The minimum atomic E-state index is -0.300. The topological polar surface area (TPSA) is 73.3 Å². The summed E-state index contributed by atoms with van der Waals surface area (Å²) in [4.78, 5) is 12.6. The van der Waals surface area contributed by atoms with Gasteiger partial charge in [0.1, 0.15) is 23.1 Å². The number of nitrogens with one attached hydrogen (secondary N) is 1. The summed E-state index contributed by atoms with van der Waals surface area (Å²) in [6.45, 7) is 2.90. The molecule has 128 valence electrons. The molecular formula is C18H17N3O3S. The lowest BCUT2D eigenvalue weighted by atomic mass is 10.2. The number of para-hydroxylation sites is 2. The van der Waals surface area contributed by atoms with E-state index >= 15 is 0 Å². The molecule has 1 aromatic heterocycles. The number of nitrogens with zero attached hydrogens (tertiary/aromatic N) is 2. The molecule has 3 rings (SSSR count). The van der Waals surface area contributed by atoms with Crippen molar-refractivity contribution in [2.24, 2.45) is 0 Å². The van der Waals surface area contributed by atoms with Crippen molar-refractivity contribution in [3.05, 3.63) is 65.2 Å². The van der Waals surface area contributed by atoms with E-state index in [1.54, 1.807) is 18.2 Å². The Kier molecular flexibility index (Phi) is 5.71. The highest BCUT2D eigenvalue weighted by atomic mass is 32.1. The van der Waals surface area contributed by atoms with Gasteiger partial charge in [-0.3, -0.25) is 10.1 Å². The van der Waals surface area contributed by atoms with Crippen LogP contribution in [0.5, 0.6) is 11.5 Å². The van der Waals surface area contributed by atoms with Crippen LogP contribution in [0.3, 0.4) is 0 Å². The molecule has 1 N–H and O–H groups in total. The van der Waals surface area contributed by atoms with Crippen LogP contribution in [-0.4, -0.2) is 22.7 Å². The molecule has 2 aromatic carbocycles. The van der Waals surface area contributed by atoms with E-state index < -0.39 is 0 Å². The number of anilines is 1. The lowest BCUT2D eigenvalue weighted by Gasteiger charge is -2.10. The van der Waals surface area contributed by atoms with E-state index in [0.717, 1.165) is 0 Å². The van der Waals surface area contributed by atoms with Gasteiger partial charge in [0.05, 0.1) is 5.56 Å². The summed E-state index contributed by atoms with van der Waals surface area (Å²) in [6, 6.07) is 16.4. The fourth-order valence-electron chi connectivity index (χ4n) is 2.08. The Morgan fingerprint density at radius 2 is 1.84 bits per heavy atom. The number of carbonyl (C=O) groups is 1. The molecular weight excluding hydrogens is 338 g/mol. The second kappa shape index (κ2) is 8.36. The molecule has 3 aromatic rings. The highest BCUT2D eigenvalue weighted by Crippen LogP contribution is 2.26. The van der Waals surface area contributed by atoms with Gasteiger partial charge >= 0.3 is 0 Å². The van der Waals surface area contributed by atoms with Crippen LogP contribution in [0.2, 0.25) is 0 Å². The minimum absolute atomic E-state index is 0.300. The summed E-state index contributed by atoms with van der Waals surface area (Å²) in [5.74, 6) is 0.841. The normalized spacial score (nSPS) is 10.4. The molecule has 0 unspecified atom stereocenters. The number of carbonyl (C=O) groups excluding carboxylic acids is 1. The number of ether oxygens (including phenoxy) is 2. The molecule has 0 spiro atoms. The van der Waals surface area contributed by atoms with Crippen LogP contribution in [0.15, 0.2) is 54.6 Å². The van der Waals surface area contributed by atoms with Crippen LogP contribution >= 0.6 is 11.3 Å². The average molecular weight is 355 g/mol. The Morgan fingerprint density at radius 3 is 2.64 bits per heavy atom. The summed E-state index contributed by atoms with van der Waals surface area (Å²) < 4.78 is 11.1. The van der Waals surface area contributed by atoms with Crippen LogP contribution < -0.4 is 10.1 Å². The van der Waals surface area contributed by atoms with Crippen molar-refractivity contribution in [2.75, 3.05) is 11.9 Å². The first-order valence-electron chi connectivity index (χ1n) is 7.79. The third kappa shape index (κ3) is 4.62. The fourth-order valence-corrected chi connectivity index (χ4v) is 2.75. The van der Waals surface area contributed by atoms with E-state index in [1.807, 2.05) is 43.3 Å². The smallest absolute Gasteiger partial charge is 0.261 e. The summed E-state index contributed by atoms with van der Waals surface area (Å²) in [6.07, 6.45) is 0. The van der Waals surface area contributed by atoms with E-state index in [4.69, 9.17) is 9.47 Å². The quantitative estimate of drug-likeness (QED) is 0.690. The maximum Gasteiger partial charge on any atom is 0.261 e. The zero-order chi connectivity index (χ0) is 17.5. The predicted molar refractivity (Wildman–Crippen MR) is 96.2 cm³/mol. The van der Waals surface area contributed by atoms with Crippen molar-refractivity contribution in [2.45, 2.75) is 13.5 Å². The zero-order valence-electron chi connectivity index (χ0n) is 13.6. The van der Waals surface area contributed by atoms with Gasteiger partial charge in [-0.15, -0.1) is 10.2 Å². The molecule has 1 amide bonds. The number of aromatic nitrogens is 2. The predicted octanol–water partition coefficient (Wildman–Crippen LogP) is 4.12. The van der Waals surface area contributed by atoms with Gasteiger partial charge in [0.15, 0.2) is 0 Å². The van der Waals surface area contributed by atoms with E-state index in [9.17, 15) is 4.79 Å². The third-order valence-corrected chi connectivity index (χ3v) is 4.03. The SMILES string of the molecule is CCOCc1nnc(NC(=O)c2ccccc2Oc2ccccc2)s1. The molecule has 0 aliphatic heterocycles. The summed E-state index contributed by atoms with van der Waals surface area (Å²) in [5.41, 5.74) is 0.424. The van der Waals surface area contributed by atoms with E-state index in [1.165, 1.54) is 11.3 Å². The molecule has 0 aliphatic rings. The lowest BCUT2D eigenvalue weighted by molar-refractivity contribution is 0.102. The monoisotopic (exact) mass is 355 g/mol. The maximum atomic E-state index is 12.6. The molecule has 6 nitrogen and oxygen atoms in total. The first-order chi connectivity index (χ1) is 12.3. The van der Waals surface area contributed by atoms with Gasteiger partial charge in [0.25, 0.3) is 5.91 Å². The van der Waals surface area contributed by atoms with E-state index in [-0.39, 0.29) is 5.91 Å². The van der Waals surface area contributed by atoms with Crippen molar-refractivity contribution in [1.82, 2.24) is 10.2 Å². The van der Waals surface area contributed by atoms with Gasteiger partial charge in [0, 0.05) is 6.61 Å². The number of rotatable bonds is 7. The third-order valence-electron chi connectivity index (χ3n) is 3.22. The Morgan fingerprint density at radius 1 is 1.08 bits per heavy atom. The Labute approximate surface area is 149 Å². The Balaban J connectivity index is 1.73. The van der Waals surface area contributed by atoms with Gasteiger partial charge < -0.3 is 9.47 Å². The van der Waals surface area contributed by atoms with Crippen LogP contribution in [0.1, 0.15) is 22.3 Å². The van der Waals surface area contributed by atoms with Crippen molar-refractivity contribution >= 4 is 22.4 Å². The Hall–Kier alpha value is -2.77. The summed E-state index contributed by atoms with van der Waals surface area (Å²) in [7, 11) is 0. The van der Waals surface area contributed by atoms with Gasteiger partial charge in [-0.25, -0.2) is 0 Å². The molecule has 0 saturated heterocycles. The number of hydrogen-bond acceptors (Lipinski definition) is 6. The van der Waals surface area contributed by atoms with Crippen molar-refractivity contribution in [3.63, 3.8) is 0 Å². The Bertz CT molecular complexity index is 836. The van der Waals surface area contributed by atoms with Crippen LogP contribution in [0.4, 0.5) is 5.13 Å². The molecule has 1 heterocycles. The minimum Gasteiger partial charge on any atom is -0.457 e. The van der Waals surface area contributed by atoms with Gasteiger partial charge in [-0.05, 0) is 31.2 Å². The standard InChI is InChI=1S/C18H17N3O3S/c1-2-23-12-16-20-21-18(25-16)19-17(22)14-10-6-7-11-15(14)24-13-8-4-3-5-9-13/h3-11H,2,12H2,1H3,(H,19,21,22). The number of amides is 1. The van der Waals surface area contributed by atoms with Gasteiger partial charge in [-0.2, -0.15) is 0 Å². The maximum absolute atomic E-state index is 12.6. The van der Waals surface area contributed by atoms with Crippen molar-refractivity contribution < 1.29 is 14.3 Å². The molecule has 25 heavy (non-hydrogen) atoms. The molecule has 0 radical (unpaired) electrons. The van der Waals surface area contributed by atoms with Crippen molar-refractivity contribution in [3.8, 4) is 11.5 Å². The molecule has 7 heteroatoms. The highest BCUT2D eigenvalue weighted by Gasteiger charge is 2.15. The summed E-state index contributed by atoms with van der Waals surface area (Å²) in [5, 5.41) is 11.8. The van der Waals surface area contributed by atoms with Gasteiger partial charge in [-0.1, -0.05) is 41.7 Å². The number of benzene rings is 2. The second-order valence-corrected chi connectivity index (χ2v) is 6.07. The van der Waals surface area contributed by atoms with Crippen LogP contribution in [-0.2, 0) is 11.3 Å². The van der Waals surface area contributed by atoms with E-state index in [2.05, 4.69) is 15.5 Å². The average Bonchev–Trinajstić information content (AvgIpc) is 3.08. The lowest BCUT2D eigenvalue weighted by Crippen LogP contribution is -2.12. The zero-order valence-corrected chi connectivity index (χ0v) is 14.5. The molecule has 0 atom stereocenters. The number of hydrogen-bond donors (Lipinski definition) is 1. The first kappa shape index (κ1) is 17.1. The van der Waals surface area contributed by atoms with E-state index in [0.29, 0.717) is 40.4 Å². The molecule has 0 aliphatic carbocycles. The fraction of sp³-hybridized carbons (Fsp3) is 0.167. The largest absolute Gasteiger partial charge is 0.457 e. The first-order valence-corrected chi connectivity index (χ1v) is 8.61. The molecule has 0 fully saturated rings. The molecule has 0 saturated carbocycles. The van der Waals surface area contributed by atoms with Gasteiger partial charge in [0.2, 0.25) is 5.13 Å². The van der Waals surface area contributed by atoms with Crippen molar-refractivity contribution in [1.29, 1.82) is 0 Å².